The Labute approximate surface area is 102 Å². The summed E-state index contributed by atoms with van der Waals surface area (Å²) in [5.41, 5.74) is 3.60. The van der Waals surface area contributed by atoms with Gasteiger partial charge in [-0.2, -0.15) is 0 Å². The van der Waals surface area contributed by atoms with Gasteiger partial charge in [0.05, 0.1) is 0 Å². The van der Waals surface area contributed by atoms with Crippen LogP contribution in [0.4, 0.5) is 0 Å². The van der Waals surface area contributed by atoms with Crippen LogP contribution in [0.25, 0.3) is 0 Å². The van der Waals surface area contributed by atoms with Crippen molar-refractivity contribution < 1.29 is 9.68 Å². The summed E-state index contributed by atoms with van der Waals surface area (Å²) in [6.07, 6.45) is 1.02. The van der Waals surface area contributed by atoms with E-state index in [4.69, 9.17) is 9.68 Å². The summed E-state index contributed by atoms with van der Waals surface area (Å²) in [5, 5.41) is 7.84. The fourth-order valence-corrected chi connectivity index (χ4v) is 1.50. The van der Waals surface area contributed by atoms with Crippen LogP contribution >= 0.6 is 0 Å². The Morgan fingerprint density at radius 2 is 1.65 bits per heavy atom. The molecule has 0 bridgehead atoms. The van der Waals surface area contributed by atoms with Crippen LogP contribution < -0.4 is 0 Å². The number of aryl methyl sites for hydroxylation is 1. The van der Waals surface area contributed by atoms with Crippen LogP contribution in [0.2, 0.25) is 0 Å². The Bertz CT molecular complexity index is 408. The van der Waals surface area contributed by atoms with Crippen LogP contribution in [0.1, 0.15) is 25.0 Å². The van der Waals surface area contributed by atoms with Crippen molar-refractivity contribution in [2.75, 3.05) is 14.2 Å². The zero-order valence-electron chi connectivity index (χ0n) is 10.7. The van der Waals surface area contributed by atoms with E-state index in [0.29, 0.717) is 11.4 Å². The van der Waals surface area contributed by atoms with Gasteiger partial charge in [0.2, 0.25) is 0 Å². The largest absolute Gasteiger partial charge is 0.399 e. The summed E-state index contributed by atoms with van der Waals surface area (Å²) in [5.74, 6) is 0. The van der Waals surface area contributed by atoms with Gasteiger partial charge in [0.15, 0.2) is 0 Å². The van der Waals surface area contributed by atoms with Crippen LogP contribution in [-0.2, 0) is 16.1 Å². The third kappa shape index (κ3) is 3.59. The summed E-state index contributed by atoms with van der Waals surface area (Å²) in [6.45, 7) is 3.95. The van der Waals surface area contributed by atoms with Crippen LogP contribution in [0.5, 0.6) is 0 Å². The Morgan fingerprint density at radius 3 is 2.12 bits per heavy atom. The van der Waals surface area contributed by atoms with Crippen molar-refractivity contribution in [1.82, 2.24) is 0 Å². The molecule has 0 atom stereocenters. The molecule has 0 unspecified atom stereocenters. The maximum atomic E-state index is 4.83. The van der Waals surface area contributed by atoms with Gasteiger partial charge in [-0.25, -0.2) is 0 Å². The summed E-state index contributed by atoms with van der Waals surface area (Å²) < 4.78 is 0. The van der Waals surface area contributed by atoms with Crippen molar-refractivity contribution in [1.29, 1.82) is 0 Å². The molecule has 0 aliphatic carbocycles. The molecule has 17 heavy (non-hydrogen) atoms. The third-order valence-electron chi connectivity index (χ3n) is 2.39. The molecule has 0 heterocycles. The molecule has 1 aromatic rings. The summed E-state index contributed by atoms with van der Waals surface area (Å²) in [6, 6.07) is 8.15. The molecular formula is C13H18N2O2. The lowest BCUT2D eigenvalue weighted by Crippen LogP contribution is -2.13. The van der Waals surface area contributed by atoms with E-state index in [-0.39, 0.29) is 0 Å². The zero-order valence-corrected chi connectivity index (χ0v) is 10.7. The maximum Gasteiger partial charge on any atom is 0.134 e. The first-order valence-corrected chi connectivity index (χ1v) is 5.51. The van der Waals surface area contributed by atoms with Gasteiger partial charge in [0.25, 0.3) is 0 Å². The fourth-order valence-electron chi connectivity index (χ4n) is 1.50. The standard InChI is InChI=1S/C13H18N2O2/c1-5-11-6-8-12(9-7-11)13(15-17-4)10(2)14-16-3/h6-9H,5H2,1-4H3. The highest BCUT2D eigenvalue weighted by atomic mass is 16.6. The van der Waals surface area contributed by atoms with Gasteiger partial charge in [-0.3, -0.25) is 0 Å². The molecule has 0 saturated heterocycles. The van der Waals surface area contributed by atoms with Crippen molar-refractivity contribution in [2.45, 2.75) is 20.3 Å². The second kappa shape index (κ2) is 6.68. The van der Waals surface area contributed by atoms with E-state index in [9.17, 15) is 0 Å². The highest BCUT2D eigenvalue weighted by Crippen LogP contribution is 2.08. The minimum atomic E-state index is 0.678. The van der Waals surface area contributed by atoms with Crippen molar-refractivity contribution in [2.24, 2.45) is 10.3 Å². The molecule has 1 aromatic carbocycles. The molecule has 0 fully saturated rings. The number of hydrogen-bond donors (Lipinski definition) is 0. The van der Waals surface area contributed by atoms with E-state index >= 15 is 0 Å². The van der Waals surface area contributed by atoms with E-state index in [1.807, 2.05) is 19.1 Å². The van der Waals surface area contributed by atoms with Crippen LogP contribution in [0.3, 0.4) is 0 Å². The van der Waals surface area contributed by atoms with Gasteiger partial charge in [0.1, 0.15) is 25.6 Å². The summed E-state index contributed by atoms with van der Waals surface area (Å²) >= 11 is 0. The van der Waals surface area contributed by atoms with Gasteiger partial charge in [-0.15, -0.1) is 0 Å². The summed E-state index contributed by atoms with van der Waals surface area (Å²) in [4.78, 5) is 9.58. The molecule has 0 aliphatic rings. The predicted octanol–water partition coefficient (Wildman–Crippen LogP) is 2.62. The normalized spacial score (nSPS) is 12.5. The van der Waals surface area contributed by atoms with Gasteiger partial charge >= 0.3 is 0 Å². The zero-order chi connectivity index (χ0) is 12.7. The quantitative estimate of drug-likeness (QED) is 0.580. The van der Waals surface area contributed by atoms with E-state index in [1.165, 1.54) is 19.8 Å². The molecule has 4 nitrogen and oxygen atoms in total. The first-order valence-electron chi connectivity index (χ1n) is 5.51. The Balaban J connectivity index is 3.06. The highest BCUT2D eigenvalue weighted by Gasteiger charge is 2.09. The molecular weight excluding hydrogens is 216 g/mol. The number of benzene rings is 1. The van der Waals surface area contributed by atoms with Crippen LogP contribution in [0.15, 0.2) is 34.6 Å². The van der Waals surface area contributed by atoms with Gasteiger partial charge in [-0.1, -0.05) is 41.5 Å². The molecule has 0 radical (unpaired) electrons. The smallest absolute Gasteiger partial charge is 0.134 e. The Morgan fingerprint density at radius 1 is 1.06 bits per heavy atom. The predicted molar refractivity (Wildman–Crippen MR) is 69.5 cm³/mol. The minimum absolute atomic E-state index is 0.678. The fraction of sp³-hybridized carbons (Fsp3) is 0.385. The molecule has 0 aliphatic heterocycles. The number of rotatable bonds is 5. The second-order valence-corrected chi connectivity index (χ2v) is 3.53. The molecule has 0 amide bonds. The molecule has 0 N–H and O–H groups in total. The second-order valence-electron chi connectivity index (χ2n) is 3.53. The SMILES string of the molecule is CCc1ccc(C(=NOC)C(C)=NOC)cc1. The first-order chi connectivity index (χ1) is 8.22. The molecule has 0 saturated carbocycles. The average Bonchev–Trinajstić information content (AvgIpc) is 2.36. The van der Waals surface area contributed by atoms with Gasteiger partial charge < -0.3 is 9.68 Å². The van der Waals surface area contributed by atoms with Crippen LogP contribution in [0, 0.1) is 0 Å². The first kappa shape index (κ1) is 13.2. The van der Waals surface area contributed by atoms with Gasteiger partial charge in [-0.05, 0) is 18.9 Å². The van der Waals surface area contributed by atoms with Crippen molar-refractivity contribution in [3.8, 4) is 0 Å². The molecule has 0 aromatic heterocycles. The maximum absolute atomic E-state index is 4.83. The number of hydrogen-bond acceptors (Lipinski definition) is 4. The lowest BCUT2D eigenvalue weighted by atomic mass is 10.0. The average molecular weight is 234 g/mol. The third-order valence-corrected chi connectivity index (χ3v) is 2.39. The minimum Gasteiger partial charge on any atom is -0.399 e. The molecule has 0 spiro atoms. The van der Waals surface area contributed by atoms with E-state index in [0.717, 1.165) is 12.0 Å². The molecule has 92 valence electrons. The van der Waals surface area contributed by atoms with Crippen molar-refractivity contribution >= 4 is 11.4 Å². The number of nitrogens with zero attached hydrogens (tertiary/aromatic N) is 2. The Kier molecular flexibility index (Phi) is 5.20. The van der Waals surface area contributed by atoms with Crippen LogP contribution in [-0.4, -0.2) is 25.6 Å². The van der Waals surface area contributed by atoms with Gasteiger partial charge in [0, 0.05) is 5.56 Å². The summed E-state index contributed by atoms with van der Waals surface area (Å²) in [7, 11) is 3.02. The van der Waals surface area contributed by atoms with Crippen molar-refractivity contribution in [3.63, 3.8) is 0 Å². The lowest BCUT2D eigenvalue weighted by molar-refractivity contribution is 0.210. The topological polar surface area (TPSA) is 43.2 Å². The molecule has 1 rings (SSSR count). The monoisotopic (exact) mass is 234 g/mol. The van der Waals surface area contributed by atoms with E-state index < -0.39 is 0 Å². The highest BCUT2D eigenvalue weighted by molar-refractivity contribution is 6.47. The lowest BCUT2D eigenvalue weighted by Gasteiger charge is -2.05. The number of oxime groups is 2. The van der Waals surface area contributed by atoms with E-state index in [2.05, 4.69) is 29.4 Å². The van der Waals surface area contributed by atoms with E-state index in [1.54, 1.807) is 0 Å². The Hall–Kier alpha value is -1.84. The molecule has 4 heteroatoms. The van der Waals surface area contributed by atoms with Crippen molar-refractivity contribution in [3.05, 3.63) is 35.4 Å².